The summed E-state index contributed by atoms with van der Waals surface area (Å²) in [7, 11) is -25.4. The molecule has 0 N–H and O–H groups in total. The second-order valence-electron chi connectivity index (χ2n) is 1.75. The maximum Gasteiger partial charge on any atom is 3.00 e. The van der Waals surface area contributed by atoms with E-state index in [0.29, 0.717) is 0 Å². The van der Waals surface area contributed by atoms with Gasteiger partial charge in [-0.15, -0.1) is 0 Å². The number of rotatable bonds is 0. The molecule has 168 valence electrons. The Kier molecular flexibility index (Phi) is 188. The summed E-state index contributed by atoms with van der Waals surface area (Å²) >= 11 is 0. The fraction of sp³-hybridized carbons (Fsp3) is 0. The van der Waals surface area contributed by atoms with Crippen molar-refractivity contribution in [3.05, 3.63) is 0 Å². The van der Waals surface area contributed by atoms with E-state index in [9.17, 15) is 0 Å². The summed E-state index contributed by atoms with van der Waals surface area (Å²) in [5.41, 5.74) is 0. The number of hydrogen-bond acceptors (Lipinski definition) is 21. The molecule has 0 aliphatic carbocycles. The molecule has 0 unspecified atom stereocenters. The van der Waals surface area contributed by atoms with Crippen LogP contribution in [-0.4, -0.2) is 288 Å². The van der Waals surface area contributed by atoms with Gasteiger partial charge in [-0.1, -0.05) is 0 Å². The van der Waals surface area contributed by atoms with Gasteiger partial charge in [0.05, 0.1) is 0 Å². The van der Waals surface area contributed by atoms with Gasteiger partial charge in [0.15, 0.2) is 0 Å². The Morgan fingerprint density at radius 2 is 0.265 bits per heavy atom. The van der Waals surface area contributed by atoms with Crippen LogP contribution >= 0.6 is 0 Å². The van der Waals surface area contributed by atoms with Crippen LogP contribution in [0, 0.1) is 0 Å². The molecule has 0 bridgehead atoms. The maximum atomic E-state index is 8.52. The average Bonchev–Trinajstić information content (AvgIpc) is 2.20. The van der Waals surface area contributed by atoms with E-state index in [2.05, 4.69) is 0 Å². The van der Waals surface area contributed by atoms with E-state index >= 15 is 0 Å². The predicted molar refractivity (Wildman–Crippen MR) is 79.6 cm³/mol. The van der Waals surface area contributed by atoms with Crippen molar-refractivity contribution >= 4 is 288 Å². The van der Waals surface area contributed by atoms with Gasteiger partial charge in [0.2, 0.25) is 0 Å². The van der Waals surface area contributed by atoms with Crippen molar-refractivity contribution < 1.29 is 98.4 Å². The van der Waals surface area contributed by atoms with Crippen LogP contribution in [0.1, 0.15) is 0 Å². The summed E-state index contributed by atoms with van der Waals surface area (Å²) in [5, 5.41) is 0. The van der Waals surface area contributed by atoms with Crippen molar-refractivity contribution in [1.29, 1.82) is 0 Å². The summed E-state index contributed by atoms with van der Waals surface area (Å²) in [6.07, 6.45) is 0. The second kappa shape index (κ2) is 76.8. The monoisotopic (exact) mass is 1040 g/mol. The third-order valence-electron chi connectivity index (χ3n) is 0. The molecule has 21 nitrogen and oxygen atoms in total. The molecule has 0 spiro atoms. The van der Waals surface area contributed by atoms with Crippen LogP contribution < -0.4 is 67.1 Å². The van der Waals surface area contributed by atoms with Crippen LogP contribution in [0.25, 0.3) is 0 Å². The van der Waals surface area contributed by atoms with Gasteiger partial charge in [-0.3, -0.25) is 0 Å². The van der Waals surface area contributed by atoms with Gasteiger partial charge in [-0.2, -0.15) is 0 Å². The van der Waals surface area contributed by atoms with Crippen molar-refractivity contribution in [3.63, 3.8) is 0 Å². The van der Waals surface area contributed by atoms with E-state index in [-0.39, 0.29) is 223 Å². The zero-order valence-corrected chi connectivity index (χ0v) is 41.2. The Balaban J connectivity index is -0.0000000134. The van der Waals surface area contributed by atoms with Crippen LogP contribution in [0.5, 0.6) is 0 Å². The smallest absolute Gasteiger partial charge is 0.672 e. The van der Waals surface area contributed by atoms with Crippen LogP contribution in [0.2, 0.25) is 0 Å². The SMILES string of the molecule is O=[Si]([O-])[O-].O=[Si]([O-])[O-].O=[Si]([O-])[O-].O=[Si]([O-])[O-].O=[Si]([O-])[O-].O=[Si]([O-])[O-].O=[Si]([O-])[O-].[Al+3].[Al+3].[Ba+2].[Ba+2].[Sr+2].[Sr+2]. The van der Waals surface area contributed by atoms with Gasteiger partial charge in [0, 0.05) is 64.2 Å². The standard InChI is InChI=1S/2Al.2Ba.7O3Si.2Sr/c;;;;7*1-4(2)3;;/q2*+3;2*+2;7*-2;2*+2. The van der Waals surface area contributed by atoms with Gasteiger partial charge >= 0.3 is 223 Å². The van der Waals surface area contributed by atoms with Gasteiger partial charge < -0.3 is 98.4 Å². The third kappa shape index (κ3) is 2280. The molecule has 0 radical (unpaired) electrons. The molecule has 0 aromatic heterocycles. The van der Waals surface area contributed by atoms with Crippen molar-refractivity contribution in [1.82, 2.24) is 0 Å². The summed E-state index contributed by atoms with van der Waals surface area (Å²) in [4.78, 5) is 119. The molecule has 34 heteroatoms. The Morgan fingerprint density at radius 3 is 0.265 bits per heavy atom. The number of hydrogen-bond donors (Lipinski definition) is 0. The molecule has 0 amide bonds. The summed E-state index contributed by atoms with van der Waals surface area (Å²) in [6.45, 7) is 0. The van der Waals surface area contributed by atoms with Crippen molar-refractivity contribution in [3.8, 4) is 0 Å². The molecule has 0 aromatic carbocycles. The Morgan fingerprint density at radius 1 is 0.265 bits per heavy atom. The summed E-state index contributed by atoms with van der Waals surface area (Å²) in [5.74, 6) is 0. The Hall–Kier alpha value is 4.49. The zero-order valence-electron chi connectivity index (χ0n) is 16.1. The molecular formula is Al2Ba2O21Si7Sr2. The van der Waals surface area contributed by atoms with E-state index < -0.39 is 64.2 Å². The first-order valence-corrected chi connectivity index (χ1v) is 12.9. The van der Waals surface area contributed by atoms with E-state index in [4.69, 9.17) is 98.4 Å². The molecule has 0 fully saturated rings. The first kappa shape index (κ1) is 83.3. The molecule has 34 heavy (non-hydrogen) atoms. The average molecular weight is 1040 g/mol. The second-order valence-corrected chi connectivity index (χ2v) is 5.25. The quantitative estimate of drug-likeness (QED) is 0.203. The van der Waals surface area contributed by atoms with E-state index in [0.717, 1.165) is 0 Å². The molecule has 0 saturated heterocycles. The van der Waals surface area contributed by atoms with Crippen LogP contribution in [-0.2, 0) is 31.2 Å². The van der Waals surface area contributed by atoms with Crippen molar-refractivity contribution in [2.45, 2.75) is 0 Å². The third-order valence-corrected chi connectivity index (χ3v) is 0. The fourth-order valence-electron chi connectivity index (χ4n) is 0. The molecule has 0 saturated carbocycles. The molecular weight excluding hydrogens is 1040 g/mol. The van der Waals surface area contributed by atoms with Gasteiger partial charge in [0.1, 0.15) is 0 Å². The first-order chi connectivity index (χ1) is 12.1. The summed E-state index contributed by atoms with van der Waals surface area (Å²) < 4.78 is 59.6. The minimum absolute atomic E-state index is 0. The van der Waals surface area contributed by atoms with Crippen LogP contribution in [0.4, 0.5) is 0 Å². The van der Waals surface area contributed by atoms with Crippen LogP contribution in [0.3, 0.4) is 0 Å². The molecule has 0 aliphatic heterocycles. The minimum Gasteiger partial charge on any atom is -0.672 e. The molecule has 0 rings (SSSR count). The van der Waals surface area contributed by atoms with Crippen molar-refractivity contribution in [2.24, 2.45) is 0 Å². The fourth-order valence-corrected chi connectivity index (χ4v) is 0. The molecule has 0 aliphatic rings. The molecule has 0 atom stereocenters. The summed E-state index contributed by atoms with van der Waals surface area (Å²) in [6, 6.07) is 0. The van der Waals surface area contributed by atoms with Gasteiger partial charge in [-0.25, -0.2) is 0 Å². The first-order valence-electron chi connectivity index (χ1n) is 4.29. The zero-order chi connectivity index (χ0) is 25.0. The normalized spacial score (nSPS) is 4.94. The molecule has 0 heterocycles. The molecule has 0 aromatic rings. The van der Waals surface area contributed by atoms with E-state index in [1.54, 1.807) is 0 Å². The van der Waals surface area contributed by atoms with E-state index in [1.807, 2.05) is 0 Å². The van der Waals surface area contributed by atoms with Crippen molar-refractivity contribution in [2.75, 3.05) is 0 Å². The van der Waals surface area contributed by atoms with Crippen LogP contribution in [0.15, 0.2) is 0 Å². The van der Waals surface area contributed by atoms with E-state index in [1.165, 1.54) is 0 Å². The largest absolute Gasteiger partial charge is 3.00 e. The topological polar surface area (TPSA) is 442 Å². The van der Waals surface area contributed by atoms with Gasteiger partial charge in [-0.05, 0) is 0 Å². The van der Waals surface area contributed by atoms with Gasteiger partial charge in [0.25, 0.3) is 0 Å². The minimum atomic E-state index is -3.63. The Bertz CT molecular complexity index is 334. The predicted octanol–water partition coefficient (Wildman–Crippen LogP) is -22.4. The Labute approximate surface area is 376 Å². The maximum absolute atomic E-state index is 8.52.